The third kappa shape index (κ3) is 1.91. The van der Waals surface area contributed by atoms with Crippen LogP contribution in [0.5, 0.6) is 0 Å². The molecule has 3 heteroatoms. The number of aromatic nitrogens is 1. The monoisotopic (exact) mass is 221 g/mol. The van der Waals surface area contributed by atoms with Crippen LogP contribution in [0.2, 0.25) is 0 Å². The minimum absolute atomic E-state index is 0.121. The van der Waals surface area contributed by atoms with Gasteiger partial charge in [0.1, 0.15) is 17.7 Å². The van der Waals surface area contributed by atoms with Crippen molar-refractivity contribution in [3.8, 4) is 12.1 Å². The summed E-state index contributed by atoms with van der Waals surface area (Å²) in [6.07, 6.45) is 1.63. The molecular weight excluding hydrogens is 210 g/mol. The van der Waals surface area contributed by atoms with Crippen LogP contribution in [-0.2, 0) is 0 Å². The number of allylic oxidation sites excluding steroid dienone is 1. The summed E-state index contributed by atoms with van der Waals surface area (Å²) >= 11 is 0. The zero-order valence-corrected chi connectivity index (χ0v) is 9.70. The summed E-state index contributed by atoms with van der Waals surface area (Å²) in [6, 6.07) is 9.85. The van der Waals surface area contributed by atoms with E-state index in [1.165, 1.54) is 0 Å². The number of nitrogens with zero attached hydrogens (tertiary/aromatic N) is 2. The number of nitrogens with one attached hydrogen (secondary N) is 1. The Morgan fingerprint density at radius 2 is 1.94 bits per heavy atom. The number of benzene rings is 1. The third-order valence-corrected chi connectivity index (χ3v) is 2.72. The molecule has 1 aromatic heterocycles. The van der Waals surface area contributed by atoms with E-state index in [0.29, 0.717) is 0 Å². The standard InChI is InChI=1S/C14H11N3/c1-9-3-4-14-13(5-9)12(10(2)17-14)6-11(7-15)8-16/h3-6,17H,1-2H3. The molecule has 1 aromatic carbocycles. The van der Waals surface area contributed by atoms with Crippen molar-refractivity contribution < 1.29 is 0 Å². The molecule has 0 fully saturated rings. The Balaban J connectivity index is 2.74. The Bertz CT molecular complexity index is 675. The van der Waals surface area contributed by atoms with Gasteiger partial charge in [-0.1, -0.05) is 11.6 Å². The molecule has 0 aliphatic carbocycles. The van der Waals surface area contributed by atoms with E-state index in [9.17, 15) is 0 Å². The van der Waals surface area contributed by atoms with Gasteiger partial charge < -0.3 is 4.98 Å². The van der Waals surface area contributed by atoms with Crippen molar-refractivity contribution in [2.75, 3.05) is 0 Å². The molecule has 1 heterocycles. The highest BCUT2D eigenvalue weighted by atomic mass is 14.7. The number of hydrogen-bond acceptors (Lipinski definition) is 2. The first-order valence-electron chi connectivity index (χ1n) is 5.26. The van der Waals surface area contributed by atoms with Crippen LogP contribution < -0.4 is 0 Å². The largest absolute Gasteiger partial charge is 0.358 e. The van der Waals surface area contributed by atoms with Crippen LogP contribution in [0.1, 0.15) is 16.8 Å². The fraction of sp³-hybridized carbons (Fsp3) is 0.143. The van der Waals surface area contributed by atoms with Crippen LogP contribution >= 0.6 is 0 Å². The fourth-order valence-electron chi connectivity index (χ4n) is 1.88. The Morgan fingerprint density at radius 1 is 1.24 bits per heavy atom. The molecule has 0 bridgehead atoms. The lowest BCUT2D eigenvalue weighted by atomic mass is 10.1. The lowest BCUT2D eigenvalue weighted by Gasteiger charge is -1.95. The summed E-state index contributed by atoms with van der Waals surface area (Å²) < 4.78 is 0. The molecule has 0 amide bonds. The second kappa shape index (κ2) is 4.15. The summed E-state index contributed by atoms with van der Waals surface area (Å²) in [6.45, 7) is 3.96. The van der Waals surface area contributed by atoms with Crippen LogP contribution in [0.25, 0.3) is 17.0 Å². The van der Waals surface area contributed by atoms with Gasteiger partial charge >= 0.3 is 0 Å². The summed E-state index contributed by atoms with van der Waals surface area (Å²) in [5.74, 6) is 0. The first-order chi connectivity index (χ1) is 8.15. The van der Waals surface area contributed by atoms with Crippen molar-refractivity contribution in [2.24, 2.45) is 0 Å². The lowest BCUT2D eigenvalue weighted by molar-refractivity contribution is 1.29. The van der Waals surface area contributed by atoms with Gasteiger partial charge in [0.25, 0.3) is 0 Å². The molecule has 0 spiro atoms. The maximum absolute atomic E-state index is 8.79. The van der Waals surface area contributed by atoms with E-state index in [1.807, 2.05) is 38.1 Å². The predicted octanol–water partition coefficient (Wildman–Crippen LogP) is 3.22. The molecule has 0 aliphatic heterocycles. The predicted molar refractivity (Wildman–Crippen MR) is 67.0 cm³/mol. The van der Waals surface area contributed by atoms with Gasteiger partial charge in [-0.05, 0) is 32.1 Å². The maximum Gasteiger partial charge on any atom is 0.130 e. The van der Waals surface area contributed by atoms with Gasteiger partial charge in [0.05, 0.1) is 0 Å². The van der Waals surface area contributed by atoms with Crippen LogP contribution in [-0.4, -0.2) is 4.98 Å². The number of nitriles is 2. The average molecular weight is 221 g/mol. The molecule has 0 saturated heterocycles. The zero-order chi connectivity index (χ0) is 12.4. The normalized spacial score (nSPS) is 9.65. The van der Waals surface area contributed by atoms with Crippen molar-refractivity contribution in [3.63, 3.8) is 0 Å². The van der Waals surface area contributed by atoms with Crippen molar-refractivity contribution >= 4 is 17.0 Å². The molecule has 2 aromatic rings. The summed E-state index contributed by atoms with van der Waals surface area (Å²) in [4.78, 5) is 3.24. The first-order valence-corrected chi connectivity index (χ1v) is 5.26. The highest BCUT2D eigenvalue weighted by molar-refractivity contribution is 5.92. The molecule has 0 aliphatic rings. The van der Waals surface area contributed by atoms with E-state index in [2.05, 4.69) is 11.1 Å². The third-order valence-electron chi connectivity index (χ3n) is 2.72. The van der Waals surface area contributed by atoms with E-state index in [1.54, 1.807) is 6.08 Å². The van der Waals surface area contributed by atoms with Gasteiger partial charge in [-0.15, -0.1) is 0 Å². The number of aromatic amines is 1. The van der Waals surface area contributed by atoms with E-state index in [-0.39, 0.29) is 5.57 Å². The summed E-state index contributed by atoms with van der Waals surface area (Å²) in [7, 11) is 0. The SMILES string of the molecule is Cc1ccc2[nH]c(C)c(C=C(C#N)C#N)c2c1. The first kappa shape index (κ1) is 11.0. The molecule has 3 nitrogen and oxygen atoms in total. The molecule has 0 saturated carbocycles. The molecule has 82 valence electrons. The summed E-state index contributed by atoms with van der Waals surface area (Å²) in [5, 5.41) is 18.6. The van der Waals surface area contributed by atoms with Gasteiger partial charge in [-0.2, -0.15) is 10.5 Å². The number of rotatable bonds is 1. The van der Waals surface area contributed by atoms with Crippen molar-refractivity contribution in [3.05, 3.63) is 40.6 Å². The van der Waals surface area contributed by atoms with Crippen LogP contribution in [0, 0.1) is 36.5 Å². The summed E-state index contributed by atoms with van der Waals surface area (Å²) in [5.41, 5.74) is 4.18. The second-order valence-electron chi connectivity index (χ2n) is 3.99. The lowest BCUT2D eigenvalue weighted by Crippen LogP contribution is -1.78. The second-order valence-corrected chi connectivity index (χ2v) is 3.99. The number of aryl methyl sites for hydroxylation is 2. The van der Waals surface area contributed by atoms with Gasteiger partial charge in [0.15, 0.2) is 0 Å². The molecule has 0 unspecified atom stereocenters. The Labute approximate surface area is 99.6 Å². The van der Waals surface area contributed by atoms with Crippen LogP contribution in [0.3, 0.4) is 0 Å². The quantitative estimate of drug-likeness (QED) is 0.751. The number of H-pyrrole nitrogens is 1. The van der Waals surface area contributed by atoms with Crippen molar-refractivity contribution in [1.82, 2.24) is 4.98 Å². The van der Waals surface area contributed by atoms with Crippen LogP contribution in [0.15, 0.2) is 23.8 Å². The highest BCUT2D eigenvalue weighted by Gasteiger charge is 2.07. The average Bonchev–Trinajstić information content (AvgIpc) is 2.62. The van der Waals surface area contributed by atoms with Gasteiger partial charge in [0.2, 0.25) is 0 Å². The molecule has 17 heavy (non-hydrogen) atoms. The van der Waals surface area contributed by atoms with Crippen LogP contribution in [0.4, 0.5) is 0 Å². The van der Waals surface area contributed by atoms with Gasteiger partial charge in [0, 0.05) is 22.2 Å². The Hall–Kier alpha value is -2.52. The molecule has 0 radical (unpaired) electrons. The number of fused-ring (bicyclic) bond motifs is 1. The molecule has 2 rings (SSSR count). The molecule has 1 N–H and O–H groups in total. The smallest absolute Gasteiger partial charge is 0.130 e. The topological polar surface area (TPSA) is 63.4 Å². The Kier molecular flexibility index (Phi) is 2.68. The highest BCUT2D eigenvalue weighted by Crippen LogP contribution is 2.25. The molecule has 0 atom stereocenters. The Morgan fingerprint density at radius 3 is 2.59 bits per heavy atom. The van der Waals surface area contributed by atoms with Gasteiger partial charge in [-0.3, -0.25) is 0 Å². The molecular formula is C14H11N3. The number of hydrogen-bond donors (Lipinski definition) is 1. The van der Waals surface area contributed by atoms with Gasteiger partial charge in [-0.25, -0.2) is 0 Å². The van der Waals surface area contributed by atoms with E-state index < -0.39 is 0 Å². The van der Waals surface area contributed by atoms with E-state index >= 15 is 0 Å². The maximum atomic E-state index is 8.79. The van der Waals surface area contributed by atoms with E-state index in [4.69, 9.17) is 10.5 Å². The minimum Gasteiger partial charge on any atom is -0.358 e. The fourth-order valence-corrected chi connectivity index (χ4v) is 1.88. The minimum atomic E-state index is 0.121. The van der Waals surface area contributed by atoms with Crippen molar-refractivity contribution in [2.45, 2.75) is 13.8 Å². The van der Waals surface area contributed by atoms with E-state index in [0.717, 1.165) is 27.7 Å². The van der Waals surface area contributed by atoms with Crippen molar-refractivity contribution in [1.29, 1.82) is 10.5 Å². The zero-order valence-electron chi connectivity index (χ0n) is 9.70.